The second kappa shape index (κ2) is 9.88. The van der Waals surface area contributed by atoms with Crippen LogP contribution in [0.1, 0.15) is 28.0 Å². The van der Waals surface area contributed by atoms with E-state index in [-0.39, 0.29) is 18.1 Å². The van der Waals surface area contributed by atoms with E-state index in [4.69, 9.17) is 14.2 Å². The van der Waals surface area contributed by atoms with Gasteiger partial charge in [-0.15, -0.1) is 11.3 Å². The van der Waals surface area contributed by atoms with Gasteiger partial charge in [-0.25, -0.2) is 9.78 Å². The summed E-state index contributed by atoms with van der Waals surface area (Å²) in [6, 6.07) is 6.75. The number of aromatic nitrogens is 1. The number of benzene rings is 1. The Kier molecular flexibility index (Phi) is 7.55. The fourth-order valence-corrected chi connectivity index (χ4v) is 2.68. The SMILES string of the molecule is COCCNC(=O)[C@H](C)OC(=O)c1ccccc1OCc1csc(C)n1. The van der Waals surface area contributed by atoms with E-state index in [0.29, 0.717) is 18.9 Å². The van der Waals surface area contributed by atoms with Crippen LogP contribution in [0, 0.1) is 6.92 Å². The van der Waals surface area contributed by atoms with E-state index in [0.717, 1.165) is 10.7 Å². The molecule has 0 fully saturated rings. The number of nitrogens with one attached hydrogen (secondary N) is 1. The lowest BCUT2D eigenvalue weighted by Gasteiger charge is -2.15. The zero-order valence-corrected chi connectivity index (χ0v) is 15.8. The molecule has 0 unspecified atom stereocenters. The topological polar surface area (TPSA) is 86.8 Å². The van der Waals surface area contributed by atoms with Gasteiger partial charge < -0.3 is 19.5 Å². The van der Waals surface area contributed by atoms with Gasteiger partial charge in [0.15, 0.2) is 6.10 Å². The summed E-state index contributed by atoms with van der Waals surface area (Å²) < 4.78 is 15.8. The minimum Gasteiger partial charge on any atom is -0.486 e. The van der Waals surface area contributed by atoms with Crippen molar-refractivity contribution in [3.63, 3.8) is 0 Å². The Hall–Kier alpha value is -2.45. The maximum atomic E-state index is 12.4. The molecule has 2 rings (SSSR count). The predicted octanol–water partition coefficient (Wildman–Crippen LogP) is 2.34. The van der Waals surface area contributed by atoms with Crippen molar-refractivity contribution in [3.05, 3.63) is 45.9 Å². The van der Waals surface area contributed by atoms with Crippen molar-refractivity contribution >= 4 is 23.2 Å². The van der Waals surface area contributed by atoms with Crippen LogP contribution >= 0.6 is 11.3 Å². The predicted molar refractivity (Wildman–Crippen MR) is 97.4 cm³/mol. The van der Waals surface area contributed by atoms with Gasteiger partial charge in [0, 0.05) is 19.0 Å². The van der Waals surface area contributed by atoms with Gasteiger partial charge in [0.1, 0.15) is 17.9 Å². The van der Waals surface area contributed by atoms with Crippen molar-refractivity contribution in [3.8, 4) is 5.75 Å². The van der Waals surface area contributed by atoms with E-state index in [9.17, 15) is 9.59 Å². The number of aryl methyl sites for hydroxylation is 1. The number of rotatable bonds is 9. The highest BCUT2D eigenvalue weighted by molar-refractivity contribution is 7.09. The Labute approximate surface area is 156 Å². The second-order valence-corrected chi connectivity index (χ2v) is 6.54. The smallest absolute Gasteiger partial charge is 0.342 e. The molecule has 0 aliphatic rings. The Bertz CT molecular complexity index is 747. The molecule has 8 heteroatoms. The molecule has 0 aliphatic carbocycles. The van der Waals surface area contributed by atoms with Crippen LogP contribution in [-0.2, 0) is 20.9 Å². The second-order valence-electron chi connectivity index (χ2n) is 5.47. The van der Waals surface area contributed by atoms with Crippen LogP contribution in [-0.4, -0.2) is 43.2 Å². The molecule has 1 aromatic heterocycles. The lowest BCUT2D eigenvalue weighted by atomic mass is 10.2. The number of nitrogens with zero attached hydrogens (tertiary/aromatic N) is 1. The van der Waals surface area contributed by atoms with Gasteiger partial charge >= 0.3 is 5.97 Å². The molecule has 1 aromatic carbocycles. The molecule has 0 radical (unpaired) electrons. The average molecular weight is 378 g/mol. The molecule has 1 heterocycles. The lowest BCUT2D eigenvalue weighted by molar-refractivity contribution is -0.129. The molecule has 0 spiro atoms. The number of methoxy groups -OCH3 is 1. The number of carbonyl (C=O) groups is 2. The highest BCUT2D eigenvalue weighted by atomic mass is 32.1. The Morgan fingerprint density at radius 2 is 2.08 bits per heavy atom. The lowest BCUT2D eigenvalue weighted by Crippen LogP contribution is -2.37. The molecule has 1 atom stereocenters. The van der Waals surface area contributed by atoms with E-state index < -0.39 is 12.1 Å². The van der Waals surface area contributed by atoms with Crippen molar-refractivity contribution in [1.82, 2.24) is 10.3 Å². The zero-order chi connectivity index (χ0) is 18.9. The summed E-state index contributed by atoms with van der Waals surface area (Å²) in [5.41, 5.74) is 1.05. The number of carbonyl (C=O) groups excluding carboxylic acids is 2. The number of thiazole rings is 1. The van der Waals surface area contributed by atoms with Crippen molar-refractivity contribution in [1.29, 1.82) is 0 Å². The normalized spacial score (nSPS) is 11.7. The summed E-state index contributed by atoms with van der Waals surface area (Å²) in [4.78, 5) is 28.6. The van der Waals surface area contributed by atoms with E-state index in [2.05, 4.69) is 10.3 Å². The average Bonchev–Trinajstić information content (AvgIpc) is 3.05. The number of amides is 1. The third-order valence-electron chi connectivity index (χ3n) is 3.41. The van der Waals surface area contributed by atoms with Crippen LogP contribution < -0.4 is 10.1 Å². The molecule has 0 aliphatic heterocycles. The van der Waals surface area contributed by atoms with E-state index in [1.54, 1.807) is 31.4 Å². The van der Waals surface area contributed by atoms with Crippen molar-refractivity contribution in [2.45, 2.75) is 26.6 Å². The van der Waals surface area contributed by atoms with Crippen LogP contribution in [0.4, 0.5) is 0 Å². The number of ether oxygens (including phenoxy) is 3. The molecule has 140 valence electrons. The number of esters is 1. The molecule has 26 heavy (non-hydrogen) atoms. The number of para-hydroxylation sites is 1. The highest BCUT2D eigenvalue weighted by Gasteiger charge is 2.21. The highest BCUT2D eigenvalue weighted by Crippen LogP contribution is 2.21. The summed E-state index contributed by atoms with van der Waals surface area (Å²) >= 11 is 1.53. The fourth-order valence-electron chi connectivity index (χ4n) is 2.08. The monoisotopic (exact) mass is 378 g/mol. The zero-order valence-electron chi connectivity index (χ0n) is 15.0. The summed E-state index contributed by atoms with van der Waals surface area (Å²) in [6.45, 7) is 4.42. The van der Waals surface area contributed by atoms with Crippen molar-refractivity contribution < 1.29 is 23.8 Å². The Balaban J connectivity index is 1.96. The maximum absolute atomic E-state index is 12.4. The Morgan fingerprint density at radius 1 is 1.31 bits per heavy atom. The summed E-state index contributed by atoms with van der Waals surface area (Å²) in [7, 11) is 1.54. The first-order valence-corrected chi connectivity index (χ1v) is 8.99. The summed E-state index contributed by atoms with van der Waals surface area (Å²) in [5.74, 6) is -0.619. The third kappa shape index (κ3) is 5.82. The van der Waals surface area contributed by atoms with Crippen molar-refractivity contribution in [2.75, 3.05) is 20.3 Å². The quantitative estimate of drug-likeness (QED) is 0.532. The third-order valence-corrected chi connectivity index (χ3v) is 4.23. The Morgan fingerprint density at radius 3 is 2.77 bits per heavy atom. The standard InChI is InChI=1S/C18H22N2O5S/c1-12(17(21)19-8-9-23-3)25-18(22)15-6-4-5-7-16(15)24-10-14-11-26-13(2)20-14/h4-7,11-12H,8-10H2,1-3H3,(H,19,21)/t12-/m0/s1. The van der Waals surface area contributed by atoms with Crippen LogP contribution in [0.3, 0.4) is 0 Å². The minimum absolute atomic E-state index is 0.252. The van der Waals surface area contributed by atoms with E-state index >= 15 is 0 Å². The molecule has 0 saturated carbocycles. The molecule has 2 aromatic rings. The molecule has 0 saturated heterocycles. The first-order valence-electron chi connectivity index (χ1n) is 8.11. The first-order chi connectivity index (χ1) is 12.5. The molecular weight excluding hydrogens is 356 g/mol. The largest absolute Gasteiger partial charge is 0.486 e. The molecule has 1 N–H and O–H groups in total. The number of hydrogen-bond acceptors (Lipinski definition) is 7. The van der Waals surface area contributed by atoms with Crippen LogP contribution in [0.25, 0.3) is 0 Å². The van der Waals surface area contributed by atoms with Crippen LogP contribution in [0.15, 0.2) is 29.6 Å². The van der Waals surface area contributed by atoms with Gasteiger partial charge in [-0.2, -0.15) is 0 Å². The van der Waals surface area contributed by atoms with Crippen molar-refractivity contribution in [2.24, 2.45) is 0 Å². The minimum atomic E-state index is -0.923. The summed E-state index contributed by atoms with van der Waals surface area (Å²) in [5, 5.41) is 5.48. The fraction of sp³-hybridized carbons (Fsp3) is 0.389. The van der Waals surface area contributed by atoms with Gasteiger partial charge in [-0.1, -0.05) is 12.1 Å². The van der Waals surface area contributed by atoms with Gasteiger partial charge in [0.05, 0.1) is 17.3 Å². The van der Waals surface area contributed by atoms with Gasteiger partial charge in [-0.3, -0.25) is 4.79 Å². The van der Waals surface area contributed by atoms with Gasteiger partial charge in [0.25, 0.3) is 5.91 Å². The van der Waals surface area contributed by atoms with E-state index in [1.807, 2.05) is 12.3 Å². The first kappa shape index (κ1) is 19.9. The van der Waals surface area contributed by atoms with Crippen LogP contribution in [0.2, 0.25) is 0 Å². The molecule has 0 bridgehead atoms. The molecule has 7 nitrogen and oxygen atoms in total. The molecule has 1 amide bonds. The van der Waals surface area contributed by atoms with E-state index in [1.165, 1.54) is 18.3 Å². The van der Waals surface area contributed by atoms with Gasteiger partial charge in [0.2, 0.25) is 0 Å². The molecular formula is C18H22N2O5S. The number of hydrogen-bond donors (Lipinski definition) is 1. The maximum Gasteiger partial charge on any atom is 0.342 e. The van der Waals surface area contributed by atoms with Gasteiger partial charge in [-0.05, 0) is 26.0 Å². The van der Waals surface area contributed by atoms with Crippen LogP contribution in [0.5, 0.6) is 5.75 Å². The summed E-state index contributed by atoms with van der Waals surface area (Å²) in [6.07, 6.45) is -0.923.